The molecule has 1 heterocycles. The van der Waals surface area contributed by atoms with Gasteiger partial charge in [0.1, 0.15) is 6.61 Å². The monoisotopic (exact) mass is 265 g/mol. The van der Waals surface area contributed by atoms with Crippen LogP contribution in [0.1, 0.15) is 24.9 Å². The maximum Gasteiger partial charge on any atom is 0.279 e. The molecule has 1 aromatic carbocycles. The van der Waals surface area contributed by atoms with E-state index in [-0.39, 0.29) is 12.6 Å². The van der Waals surface area contributed by atoms with E-state index in [0.717, 1.165) is 12.0 Å². The lowest BCUT2D eigenvalue weighted by molar-refractivity contribution is -0.119. The summed E-state index contributed by atoms with van der Waals surface area (Å²) in [6, 6.07) is 5.09. The van der Waals surface area contributed by atoms with E-state index in [2.05, 4.69) is 11.9 Å². The molecule has 19 heavy (non-hydrogen) atoms. The summed E-state index contributed by atoms with van der Waals surface area (Å²) in [6.07, 6.45) is 0.894. The quantitative estimate of drug-likeness (QED) is 0.832. The third kappa shape index (κ3) is 2.86. The second-order valence-corrected chi connectivity index (χ2v) is 4.26. The van der Waals surface area contributed by atoms with Crippen molar-refractivity contribution >= 4 is 5.91 Å². The minimum absolute atomic E-state index is 0.265. The van der Waals surface area contributed by atoms with Crippen molar-refractivity contribution in [3.05, 3.63) is 36.2 Å². The number of fused-ring (bicyclic) bond motifs is 1. The lowest BCUT2D eigenvalue weighted by Gasteiger charge is -2.11. The Balaban J connectivity index is 2.16. The van der Waals surface area contributed by atoms with Crippen molar-refractivity contribution < 1.29 is 18.7 Å². The zero-order chi connectivity index (χ0) is 13.8. The van der Waals surface area contributed by atoms with Crippen molar-refractivity contribution in [3.8, 4) is 11.5 Å². The molecule has 0 spiro atoms. The molecule has 102 valence electrons. The van der Waals surface area contributed by atoms with Crippen molar-refractivity contribution in [1.82, 2.24) is 5.32 Å². The third-order valence-corrected chi connectivity index (χ3v) is 2.79. The van der Waals surface area contributed by atoms with Gasteiger partial charge in [-0.3, -0.25) is 4.79 Å². The van der Waals surface area contributed by atoms with Gasteiger partial charge in [0.05, 0.1) is 12.6 Å². The van der Waals surface area contributed by atoms with Crippen LogP contribution in [0.3, 0.4) is 0 Å². The first kappa shape index (κ1) is 13.4. The molecule has 0 fully saturated rings. The summed E-state index contributed by atoms with van der Waals surface area (Å²) in [4.78, 5) is 11.3. The van der Waals surface area contributed by atoms with Gasteiger partial charge in [-0.2, -0.15) is 0 Å². The van der Waals surface area contributed by atoms with Gasteiger partial charge in [-0.1, -0.05) is 25.6 Å². The third-order valence-electron chi connectivity index (χ3n) is 2.79. The number of benzene rings is 1. The van der Waals surface area contributed by atoms with E-state index in [1.54, 1.807) is 0 Å². The van der Waals surface area contributed by atoms with Crippen LogP contribution in [-0.2, 0) is 4.79 Å². The first-order chi connectivity index (χ1) is 9.13. The number of hydrogen-bond acceptors (Lipinski definition) is 3. The van der Waals surface area contributed by atoms with Crippen LogP contribution in [-0.4, -0.2) is 19.1 Å². The van der Waals surface area contributed by atoms with Crippen molar-refractivity contribution in [2.45, 2.75) is 19.4 Å². The smallest absolute Gasteiger partial charge is 0.279 e. The van der Waals surface area contributed by atoms with Gasteiger partial charge in [0.25, 0.3) is 5.91 Å². The molecule has 5 heteroatoms. The van der Waals surface area contributed by atoms with Gasteiger partial charge in [0, 0.05) is 5.56 Å². The van der Waals surface area contributed by atoms with Crippen LogP contribution < -0.4 is 14.8 Å². The van der Waals surface area contributed by atoms with Crippen molar-refractivity contribution in [3.63, 3.8) is 0 Å². The highest BCUT2D eigenvalue weighted by molar-refractivity contribution is 5.90. The average molecular weight is 265 g/mol. The maximum absolute atomic E-state index is 12.7. The lowest BCUT2D eigenvalue weighted by Crippen LogP contribution is -2.29. The van der Waals surface area contributed by atoms with Crippen molar-refractivity contribution in [2.75, 3.05) is 13.2 Å². The highest BCUT2D eigenvalue weighted by atomic mass is 19.1. The minimum Gasteiger partial charge on any atom is -0.490 e. The van der Waals surface area contributed by atoms with Crippen LogP contribution in [0.4, 0.5) is 4.39 Å². The standard InChI is InChI=1S/C14H16FNO3/c1-3-7-18-12-6-4-5-10-11(8-19-13(10)12)16-14(17)9(2)15/h4-6,11H,2-3,7-8H2,1H3,(H,16,17). The summed E-state index contributed by atoms with van der Waals surface area (Å²) in [7, 11) is 0. The van der Waals surface area contributed by atoms with E-state index >= 15 is 0 Å². The summed E-state index contributed by atoms with van der Waals surface area (Å²) in [5, 5.41) is 2.52. The summed E-state index contributed by atoms with van der Waals surface area (Å²) >= 11 is 0. The number of hydrogen-bond donors (Lipinski definition) is 1. The zero-order valence-corrected chi connectivity index (χ0v) is 10.7. The number of halogens is 1. The molecule has 0 bridgehead atoms. The van der Waals surface area contributed by atoms with E-state index in [1.807, 2.05) is 25.1 Å². The Morgan fingerprint density at radius 2 is 2.42 bits per heavy atom. The largest absolute Gasteiger partial charge is 0.490 e. The minimum atomic E-state index is -1.01. The number of nitrogens with one attached hydrogen (secondary N) is 1. The second-order valence-electron chi connectivity index (χ2n) is 4.26. The first-order valence-corrected chi connectivity index (χ1v) is 6.17. The molecule has 1 N–H and O–H groups in total. The normalized spacial score (nSPS) is 16.4. The number of para-hydroxylation sites is 1. The number of amides is 1. The molecule has 1 aromatic rings. The van der Waals surface area contributed by atoms with Crippen LogP contribution in [0.5, 0.6) is 11.5 Å². The van der Waals surface area contributed by atoms with Gasteiger partial charge in [-0.15, -0.1) is 0 Å². The topological polar surface area (TPSA) is 47.6 Å². The summed E-state index contributed by atoms with van der Waals surface area (Å²) < 4.78 is 23.8. The van der Waals surface area contributed by atoms with Gasteiger partial charge in [0.15, 0.2) is 17.3 Å². The van der Waals surface area contributed by atoms with Crippen LogP contribution in [0, 0.1) is 0 Å². The molecule has 0 aromatic heterocycles. The Kier molecular flexibility index (Phi) is 4.04. The van der Waals surface area contributed by atoms with Crippen LogP contribution in [0.25, 0.3) is 0 Å². The lowest BCUT2D eigenvalue weighted by atomic mass is 10.1. The van der Waals surface area contributed by atoms with Crippen molar-refractivity contribution in [2.24, 2.45) is 0 Å². The molecule has 1 amide bonds. The number of rotatable bonds is 5. The zero-order valence-electron chi connectivity index (χ0n) is 10.7. The van der Waals surface area contributed by atoms with Crippen LogP contribution in [0.15, 0.2) is 30.6 Å². The average Bonchev–Trinajstić information content (AvgIpc) is 2.80. The maximum atomic E-state index is 12.7. The fraction of sp³-hybridized carbons (Fsp3) is 0.357. The number of ether oxygens (including phenoxy) is 2. The number of carbonyl (C=O) groups is 1. The van der Waals surface area contributed by atoms with E-state index < -0.39 is 11.7 Å². The molecular formula is C14H16FNO3. The Hall–Kier alpha value is -2.04. The predicted octanol–water partition coefficient (Wildman–Crippen LogP) is 2.51. The fourth-order valence-electron chi connectivity index (χ4n) is 1.90. The number of carbonyl (C=O) groups excluding carboxylic acids is 1. The summed E-state index contributed by atoms with van der Waals surface area (Å²) in [5.74, 6) is -0.561. The van der Waals surface area contributed by atoms with E-state index in [4.69, 9.17) is 9.47 Å². The van der Waals surface area contributed by atoms with Gasteiger partial charge < -0.3 is 14.8 Å². The molecule has 0 saturated carbocycles. The highest BCUT2D eigenvalue weighted by Gasteiger charge is 2.28. The molecule has 0 saturated heterocycles. The van der Waals surface area contributed by atoms with Gasteiger partial charge in [-0.05, 0) is 12.5 Å². The molecule has 1 atom stereocenters. The predicted molar refractivity (Wildman–Crippen MR) is 68.9 cm³/mol. The Labute approximate surface area is 111 Å². The SMILES string of the molecule is C=C(F)C(=O)NC1COc2c(OCCC)cccc21. The molecule has 4 nitrogen and oxygen atoms in total. The molecule has 2 rings (SSSR count). The molecule has 0 radical (unpaired) electrons. The van der Waals surface area contributed by atoms with E-state index in [1.165, 1.54) is 0 Å². The van der Waals surface area contributed by atoms with Crippen molar-refractivity contribution in [1.29, 1.82) is 0 Å². The fourth-order valence-corrected chi connectivity index (χ4v) is 1.90. The van der Waals surface area contributed by atoms with Gasteiger partial charge in [-0.25, -0.2) is 4.39 Å². The molecule has 1 aliphatic heterocycles. The molecule has 1 aliphatic rings. The molecule has 1 unspecified atom stereocenters. The Morgan fingerprint density at radius 1 is 1.63 bits per heavy atom. The molecule has 0 aliphatic carbocycles. The Morgan fingerprint density at radius 3 is 3.11 bits per heavy atom. The van der Waals surface area contributed by atoms with Gasteiger partial charge >= 0.3 is 0 Å². The second kappa shape index (κ2) is 5.73. The first-order valence-electron chi connectivity index (χ1n) is 6.17. The van der Waals surface area contributed by atoms with Crippen LogP contribution in [0.2, 0.25) is 0 Å². The van der Waals surface area contributed by atoms with Crippen LogP contribution >= 0.6 is 0 Å². The van der Waals surface area contributed by atoms with E-state index in [0.29, 0.717) is 18.1 Å². The summed E-state index contributed by atoms with van der Waals surface area (Å²) in [6.45, 7) is 5.84. The summed E-state index contributed by atoms with van der Waals surface area (Å²) in [5.41, 5.74) is 0.795. The molecular weight excluding hydrogens is 249 g/mol. The van der Waals surface area contributed by atoms with Gasteiger partial charge in [0.2, 0.25) is 0 Å². The Bertz CT molecular complexity index is 501. The highest BCUT2D eigenvalue weighted by Crippen LogP contribution is 2.40. The van der Waals surface area contributed by atoms with E-state index in [9.17, 15) is 9.18 Å².